The smallest absolute Gasteiger partial charge is 0.121 e. The van der Waals surface area contributed by atoms with Crippen molar-refractivity contribution in [3.63, 3.8) is 0 Å². The zero-order valence-electron chi connectivity index (χ0n) is 10.1. The molecule has 3 rings (SSSR count). The molecule has 2 aliphatic rings. The maximum atomic E-state index is 9.95. The van der Waals surface area contributed by atoms with Gasteiger partial charge in [0.1, 0.15) is 5.75 Å². The Labute approximate surface area is 102 Å². The zero-order chi connectivity index (χ0) is 11.8. The molecule has 2 bridgehead atoms. The molecule has 2 nitrogen and oxygen atoms in total. The molecule has 0 spiro atoms. The summed E-state index contributed by atoms with van der Waals surface area (Å²) in [7, 11) is 0. The van der Waals surface area contributed by atoms with Crippen LogP contribution in [0.5, 0.6) is 5.75 Å². The summed E-state index contributed by atoms with van der Waals surface area (Å²) in [6, 6.07) is 7.54. The van der Waals surface area contributed by atoms with Crippen LogP contribution < -0.4 is 0 Å². The molecule has 1 saturated heterocycles. The molecule has 2 heteroatoms. The molecule has 3 atom stereocenters. The maximum absolute atomic E-state index is 9.95. The van der Waals surface area contributed by atoms with Crippen LogP contribution in [0.2, 0.25) is 0 Å². The van der Waals surface area contributed by atoms with Gasteiger partial charge in [0.05, 0.1) is 12.7 Å². The molecule has 17 heavy (non-hydrogen) atoms. The lowest BCUT2D eigenvalue weighted by Gasteiger charge is -2.40. The summed E-state index contributed by atoms with van der Waals surface area (Å²) in [4.78, 5) is 0. The summed E-state index contributed by atoms with van der Waals surface area (Å²) in [6.07, 6.45) is 4.72. The van der Waals surface area contributed by atoms with Gasteiger partial charge in [-0.3, -0.25) is 0 Å². The first kappa shape index (κ1) is 10.8. The van der Waals surface area contributed by atoms with Crippen LogP contribution in [0.15, 0.2) is 35.9 Å². The van der Waals surface area contributed by atoms with E-state index in [0.717, 1.165) is 18.6 Å². The first-order valence-corrected chi connectivity index (χ1v) is 6.32. The highest BCUT2D eigenvalue weighted by Gasteiger charge is 2.36. The molecule has 0 aromatic heterocycles. The summed E-state index contributed by atoms with van der Waals surface area (Å²) in [5.74, 6) is 1.47. The van der Waals surface area contributed by atoms with E-state index in [0.29, 0.717) is 17.6 Å². The number of hydrogen-bond donors (Lipinski definition) is 1. The Bertz CT molecular complexity index is 450. The molecule has 90 valence electrons. The quantitative estimate of drug-likeness (QED) is 0.749. The fourth-order valence-electron chi connectivity index (χ4n) is 3.03. The Balaban J connectivity index is 1.96. The minimum absolute atomic E-state index is 0.0315. The van der Waals surface area contributed by atoms with Crippen molar-refractivity contribution in [1.29, 1.82) is 0 Å². The van der Waals surface area contributed by atoms with Gasteiger partial charge < -0.3 is 9.84 Å². The Morgan fingerprint density at radius 1 is 1.29 bits per heavy atom. The normalized spacial score (nSPS) is 32.1. The SMILES string of the molecule is CC1=CC[C@@H]2CO[C@H](c3ccccc3O)[C@@H]1C2. The summed E-state index contributed by atoms with van der Waals surface area (Å²) < 4.78 is 5.98. The summed E-state index contributed by atoms with van der Waals surface area (Å²) in [5, 5.41) is 9.95. The number of ether oxygens (including phenoxy) is 1. The third-order valence-corrected chi connectivity index (χ3v) is 4.07. The van der Waals surface area contributed by atoms with Gasteiger partial charge in [0, 0.05) is 11.5 Å². The number of hydrogen-bond acceptors (Lipinski definition) is 2. The average Bonchev–Trinajstić information content (AvgIpc) is 2.36. The van der Waals surface area contributed by atoms with Gasteiger partial charge in [-0.25, -0.2) is 0 Å². The van der Waals surface area contributed by atoms with E-state index in [1.54, 1.807) is 6.07 Å². The van der Waals surface area contributed by atoms with Gasteiger partial charge >= 0.3 is 0 Å². The lowest BCUT2D eigenvalue weighted by molar-refractivity contribution is -0.0521. The van der Waals surface area contributed by atoms with Gasteiger partial charge in [-0.15, -0.1) is 0 Å². The van der Waals surface area contributed by atoms with E-state index in [9.17, 15) is 5.11 Å². The summed E-state index contributed by atoms with van der Waals surface area (Å²) in [5.41, 5.74) is 2.35. The molecule has 0 radical (unpaired) electrons. The fourth-order valence-corrected chi connectivity index (χ4v) is 3.03. The number of aromatic hydroxyl groups is 1. The van der Waals surface area contributed by atoms with Crippen LogP contribution in [0.3, 0.4) is 0 Å². The lowest BCUT2D eigenvalue weighted by atomic mass is 9.75. The van der Waals surface area contributed by atoms with Crippen molar-refractivity contribution < 1.29 is 9.84 Å². The van der Waals surface area contributed by atoms with Crippen LogP contribution in [-0.2, 0) is 4.74 Å². The predicted octanol–water partition coefficient (Wildman–Crippen LogP) is 3.44. The van der Waals surface area contributed by atoms with Crippen molar-refractivity contribution in [2.75, 3.05) is 6.61 Å². The topological polar surface area (TPSA) is 29.5 Å². The highest BCUT2D eigenvalue weighted by atomic mass is 16.5. The highest BCUT2D eigenvalue weighted by molar-refractivity contribution is 5.36. The van der Waals surface area contributed by atoms with Gasteiger partial charge in [-0.1, -0.05) is 29.8 Å². The van der Waals surface area contributed by atoms with Gasteiger partial charge in [0.15, 0.2) is 0 Å². The first-order chi connectivity index (χ1) is 8.25. The second-order valence-corrected chi connectivity index (χ2v) is 5.20. The van der Waals surface area contributed by atoms with E-state index >= 15 is 0 Å². The molecule has 1 aromatic rings. The second-order valence-electron chi connectivity index (χ2n) is 5.20. The predicted molar refractivity (Wildman–Crippen MR) is 66.8 cm³/mol. The van der Waals surface area contributed by atoms with Crippen LogP contribution in [-0.4, -0.2) is 11.7 Å². The summed E-state index contributed by atoms with van der Waals surface area (Å²) in [6.45, 7) is 3.00. The molecular formula is C15H18O2. The van der Waals surface area contributed by atoms with Crippen molar-refractivity contribution in [2.45, 2.75) is 25.9 Å². The minimum atomic E-state index is 0.0315. The zero-order valence-corrected chi connectivity index (χ0v) is 10.1. The molecule has 0 amide bonds. The number of benzene rings is 1. The lowest BCUT2D eigenvalue weighted by Crippen LogP contribution is -2.32. The molecular weight excluding hydrogens is 212 g/mol. The van der Waals surface area contributed by atoms with E-state index in [4.69, 9.17) is 4.74 Å². The van der Waals surface area contributed by atoms with Gasteiger partial charge in [0.25, 0.3) is 0 Å². The third kappa shape index (κ3) is 1.87. The van der Waals surface area contributed by atoms with Crippen molar-refractivity contribution in [3.8, 4) is 5.75 Å². The standard InChI is InChI=1S/C15H18O2/c1-10-6-7-11-8-13(10)15(17-9-11)12-4-2-3-5-14(12)16/h2-6,11,13,15-16H,7-9H2,1H3/t11-,13+,15+/m0/s1. The highest BCUT2D eigenvalue weighted by Crippen LogP contribution is 2.45. The Kier molecular flexibility index (Phi) is 2.67. The molecule has 1 aliphatic heterocycles. The Morgan fingerprint density at radius 2 is 2.12 bits per heavy atom. The van der Waals surface area contributed by atoms with Gasteiger partial charge in [-0.05, 0) is 31.7 Å². The van der Waals surface area contributed by atoms with E-state index in [1.165, 1.54) is 12.0 Å². The van der Waals surface area contributed by atoms with Crippen molar-refractivity contribution in [3.05, 3.63) is 41.5 Å². The largest absolute Gasteiger partial charge is 0.508 e. The van der Waals surface area contributed by atoms with E-state index in [-0.39, 0.29) is 6.10 Å². The molecule has 0 saturated carbocycles. The number of allylic oxidation sites excluding steroid dienone is 1. The number of phenolic OH excluding ortho intramolecular Hbond substituents is 1. The average molecular weight is 230 g/mol. The molecule has 0 unspecified atom stereocenters. The van der Waals surface area contributed by atoms with Crippen LogP contribution in [0.25, 0.3) is 0 Å². The minimum Gasteiger partial charge on any atom is -0.508 e. The number of para-hydroxylation sites is 1. The molecule has 1 N–H and O–H groups in total. The van der Waals surface area contributed by atoms with Crippen LogP contribution in [0.4, 0.5) is 0 Å². The van der Waals surface area contributed by atoms with Crippen molar-refractivity contribution >= 4 is 0 Å². The Hall–Kier alpha value is -1.28. The van der Waals surface area contributed by atoms with Crippen molar-refractivity contribution in [1.82, 2.24) is 0 Å². The fraction of sp³-hybridized carbons (Fsp3) is 0.467. The van der Waals surface area contributed by atoms with Gasteiger partial charge in [0.2, 0.25) is 0 Å². The van der Waals surface area contributed by atoms with Crippen molar-refractivity contribution in [2.24, 2.45) is 11.8 Å². The van der Waals surface area contributed by atoms with Gasteiger partial charge in [-0.2, -0.15) is 0 Å². The number of rotatable bonds is 1. The maximum Gasteiger partial charge on any atom is 0.121 e. The molecule has 1 aromatic carbocycles. The summed E-state index contributed by atoms with van der Waals surface area (Å²) >= 11 is 0. The number of phenols is 1. The van der Waals surface area contributed by atoms with Crippen LogP contribution in [0.1, 0.15) is 31.4 Å². The second kappa shape index (κ2) is 4.19. The molecule has 1 heterocycles. The monoisotopic (exact) mass is 230 g/mol. The molecule has 1 fully saturated rings. The first-order valence-electron chi connectivity index (χ1n) is 6.32. The van der Waals surface area contributed by atoms with Crippen LogP contribution in [0, 0.1) is 11.8 Å². The molecule has 1 aliphatic carbocycles. The van der Waals surface area contributed by atoms with E-state index in [2.05, 4.69) is 13.0 Å². The van der Waals surface area contributed by atoms with E-state index in [1.807, 2.05) is 18.2 Å². The van der Waals surface area contributed by atoms with Crippen LogP contribution >= 0.6 is 0 Å². The Morgan fingerprint density at radius 3 is 2.94 bits per heavy atom. The number of fused-ring (bicyclic) bond motifs is 2. The third-order valence-electron chi connectivity index (χ3n) is 4.07. The van der Waals surface area contributed by atoms with E-state index < -0.39 is 0 Å².